The minimum Gasteiger partial charge on any atom is -0.390 e. The summed E-state index contributed by atoms with van der Waals surface area (Å²) < 4.78 is 16.2. The second kappa shape index (κ2) is 7.08. The van der Waals surface area contributed by atoms with E-state index in [1.807, 2.05) is 24.3 Å². The van der Waals surface area contributed by atoms with E-state index in [9.17, 15) is 14.3 Å². The summed E-state index contributed by atoms with van der Waals surface area (Å²) in [5.41, 5.74) is 8.82. The molecule has 0 unspecified atom stereocenters. The van der Waals surface area contributed by atoms with Gasteiger partial charge >= 0.3 is 0 Å². The number of halogens is 1. The van der Waals surface area contributed by atoms with E-state index in [1.54, 1.807) is 50.5 Å². The van der Waals surface area contributed by atoms with Gasteiger partial charge in [0.15, 0.2) is 0 Å². The van der Waals surface area contributed by atoms with Crippen LogP contribution in [-0.2, 0) is 12.6 Å². The third-order valence-electron chi connectivity index (χ3n) is 6.35. The molecule has 0 radical (unpaired) electrons. The first-order chi connectivity index (χ1) is 15.2. The zero-order valence-corrected chi connectivity index (χ0v) is 18.0. The van der Waals surface area contributed by atoms with E-state index in [2.05, 4.69) is 0 Å². The Morgan fingerprint density at radius 1 is 1.06 bits per heavy atom. The normalized spacial score (nSPS) is 22.7. The highest BCUT2D eigenvalue weighted by atomic mass is 19.1. The third-order valence-corrected chi connectivity index (χ3v) is 6.35. The van der Waals surface area contributed by atoms with Gasteiger partial charge in [-0.25, -0.2) is 9.37 Å². The van der Waals surface area contributed by atoms with Crippen LogP contribution in [0.1, 0.15) is 25.3 Å². The van der Waals surface area contributed by atoms with Crippen molar-refractivity contribution in [3.05, 3.63) is 88.6 Å². The molecule has 2 heterocycles. The number of rotatable bonds is 3. The lowest BCUT2D eigenvalue weighted by Gasteiger charge is -2.49. The van der Waals surface area contributed by atoms with Crippen LogP contribution in [0.2, 0.25) is 0 Å². The Labute approximate surface area is 185 Å². The van der Waals surface area contributed by atoms with E-state index in [-0.39, 0.29) is 11.4 Å². The molecule has 6 heteroatoms. The van der Waals surface area contributed by atoms with Gasteiger partial charge in [0.25, 0.3) is 5.56 Å². The standard InChI is InChI=1S/C26H24FN3O2/c1-25(32)14-26(28,15-25)17-9-7-16(8-10-17)23-19(18-5-3-4-6-21(18)27)13-20-22(29-23)11-12-30(2)24(20)31/h3-13,32H,14-15,28H2,1-2H3. The van der Waals surface area contributed by atoms with E-state index in [0.29, 0.717) is 40.6 Å². The maximum Gasteiger partial charge on any atom is 0.259 e. The van der Waals surface area contributed by atoms with Gasteiger partial charge in [0.2, 0.25) is 0 Å². The van der Waals surface area contributed by atoms with Crippen LogP contribution in [0.15, 0.2) is 71.7 Å². The molecule has 32 heavy (non-hydrogen) atoms. The summed E-state index contributed by atoms with van der Waals surface area (Å²) in [5.74, 6) is -0.378. The van der Waals surface area contributed by atoms with Crippen LogP contribution >= 0.6 is 0 Å². The van der Waals surface area contributed by atoms with Crippen molar-refractivity contribution < 1.29 is 9.50 Å². The van der Waals surface area contributed by atoms with E-state index in [0.717, 1.165) is 11.1 Å². The van der Waals surface area contributed by atoms with Gasteiger partial charge < -0.3 is 15.4 Å². The number of nitrogens with zero attached hydrogens (tertiary/aromatic N) is 2. The highest BCUT2D eigenvalue weighted by Crippen LogP contribution is 2.46. The molecular weight excluding hydrogens is 405 g/mol. The predicted molar refractivity (Wildman–Crippen MR) is 124 cm³/mol. The summed E-state index contributed by atoms with van der Waals surface area (Å²) in [6.45, 7) is 1.79. The molecule has 3 N–H and O–H groups in total. The molecular formula is C26H24FN3O2. The van der Waals surface area contributed by atoms with Crippen LogP contribution in [0.25, 0.3) is 33.3 Å². The molecule has 1 fully saturated rings. The summed E-state index contributed by atoms with van der Waals surface area (Å²) in [6.07, 6.45) is 2.67. The fraction of sp³-hybridized carbons (Fsp3) is 0.231. The van der Waals surface area contributed by atoms with Crippen LogP contribution < -0.4 is 11.3 Å². The number of aliphatic hydroxyl groups is 1. The second-order valence-electron chi connectivity index (χ2n) is 9.11. The molecule has 0 atom stereocenters. The molecule has 0 aliphatic heterocycles. The van der Waals surface area contributed by atoms with E-state index < -0.39 is 11.1 Å². The van der Waals surface area contributed by atoms with Crippen molar-refractivity contribution in [2.75, 3.05) is 0 Å². The van der Waals surface area contributed by atoms with Gasteiger partial charge in [-0.05, 0) is 43.5 Å². The molecule has 0 spiro atoms. The summed E-state index contributed by atoms with van der Waals surface area (Å²) in [5, 5.41) is 10.6. The Bertz CT molecular complexity index is 1400. The summed E-state index contributed by atoms with van der Waals surface area (Å²) in [6, 6.07) is 17.7. The summed E-state index contributed by atoms with van der Waals surface area (Å²) in [4.78, 5) is 17.4. The molecule has 1 aliphatic carbocycles. The zero-order chi connectivity index (χ0) is 22.7. The van der Waals surface area contributed by atoms with Crippen LogP contribution in [0.3, 0.4) is 0 Å². The average Bonchev–Trinajstić information content (AvgIpc) is 2.75. The number of aryl methyl sites for hydroxylation is 1. The lowest BCUT2D eigenvalue weighted by molar-refractivity contribution is -0.0738. The Balaban J connectivity index is 1.68. The quantitative estimate of drug-likeness (QED) is 0.514. The molecule has 2 aromatic carbocycles. The highest BCUT2D eigenvalue weighted by molar-refractivity contribution is 5.91. The monoisotopic (exact) mass is 429 g/mol. The van der Waals surface area contributed by atoms with Crippen molar-refractivity contribution in [3.8, 4) is 22.4 Å². The van der Waals surface area contributed by atoms with Crippen molar-refractivity contribution >= 4 is 10.9 Å². The lowest BCUT2D eigenvalue weighted by Crippen LogP contribution is -2.58. The molecule has 5 nitrogen and oxygen atoms in total. The molecule has 0 saturated heterocycles. The number of nitrogens with two attached hydrogens (primary N) is 1. The molecule has 0 amide bonds. The van der Waals surface area contributed by atoms with Crippen LogP contribution in [0.5, 0.6) is 0 Å². The largest absolute Gasteiger partial charge is 0.390 e. The minimum atomic E-state index is -0.739. The van der Waals surface area contributed by atoms with Crippen molar-refractivity contribution in [1.82, 2.24) is 9.55 Å². The molecule has 4 aromatic rings. The predicted octanol–water partition coefficient (Wildman–Crippen LogP) is 4.11. The van der Waals surface area contributed by atoms with Crippen molar-refractivity contribution in [2.24, 2.45) is 12.8 Å². The number of aromatic nitrogens is 2. The van der Waals surface area contributed by atoms with Gasteiger partial charge in [-0.1, -0.05) is 42.5 Å². The number of hydrogen-bond acceptors (Lipinski definition) is 4. The maximum atomic E-state index is 14.7. The van der Waals surface area contributed by atoms with E-state index in [1.165, 1.54) is 10.6 Å². The summed E-state index contributed by atoms with van der Waals surface area (Å²) in [7, 11) is 1.68. The first-order valence-electron chi connectivity index (χ1n) is 10.5. The topological polar surface area (TPSA) is 81.1 Å². The molecule has 1 aliphatic rings. The number of pyridine rings is 2. The fourth-order valence-electron chi connectivity index (χ4n) is 4.84. The summed E-state index contributed by atoms with van der Waals surface area (Å²) >= 11 is 0. The SMILES string of the molecule is Cn1ccc2nc(-c3ccc(C4(N)CC(C)(O)C4)cc3)c(-c3ccccc3F)cc2c1=O. The van der Waals surface area contributed by atoms with E-state index >= 15 is 0 Å². The number of hydrogen-bond donors (Lipinski definition) is 2. The molecule has 2 aromatic heterocycles. The average molecular weight is 429 g/mol. The molecule has 1 saturated carbocycles. The van der Waals surface area contributed by atoms with Gasteiger partial charge in [0.05, 0.1) is 22.2 Å². The van der Waals surface area contributed by atoms with Crippen molar-refractivity contribution in [2.45, 2.75) is 30.9 Å². The van der Waals surface area contributed by atoms with E-state index in [4.69, 9.17) is 10.7 Å². The van der Waals surface area contributed by atoms with Gasteiger partial charge in [-0.2, -0.15) is 0 Å². The molecule has 162 valence electrons. The minimum absolute atomic E-state index is 0.184. The van der Waals surface area contributed by atoms with Crippen molar-refractivity contribution in [1.29, 1.82) is 0 Å². The van der Waals surface area contributed by atoms with Crippen molar-refractivity contribution in [3.63, 3.8) is 0 Å². The molecule has 0 bridgehead atoms. The second-order valence-corrected chi connectivity index (χ2v) is 9.11. The van der Waals surface area contributed by atoms with Gasteiger partial charge in [-0.3, -0.25) is 4.79 Å². The number of fused-ring (bicyclic) bond motifs is 1. The zero-order valence-electron chi connectivity index (χ0n) is 18.0. The van der Waals surface area contributed by atoms with Crippen LogP contribution in [-0.4, -0.2) is 20.3 Å². The third kappa shape index (κ3) is 3.32. The maximum absolute atomic E-state index is 14.7. The Kier molecular flexibility index (Phi) is 4.55. The Hall–Kier alpha value is -3.35. The van der Waals surface area contributed by atoms with Gasteiger partial charge in [0.1, 0.15) is 5.82 Å². The molecule has 5 rings (SSSR count). The number of benzene rings is 2. The van der Waals surface area contributed by atoms with Gasteiger partial charge in [0, 0.05) is 35.5 Å². The Morgan fingerprint density at radius 3 is 2.41 bits per heavy atom. The highest BCUT2D eigenvalue weighted by Gasteiger charge is 2.49. The van der Waals surface area contributed by atoms with Crippen LogP contribution in [0.4, 0.5) is 4.39 Å². The first-order valence-corrected chi connectivity index (χ1v) is 10.5. The fourth-order valence-corrected chi connectivity index (χ4v) is 4.84. The van der Waals surface area contributed by atoms with Crippen LogP contribution in [0, 0.1) is 5.82 Å². The first kappa shape index (κ1) is 20.5. The van der Waals surface area contributed by atoms with Gasteiger partial charge in [-0.15, -0.1) is 0 Å². The Morgan fingerprint density at radius 2 is 1.75 bits per heavy atom. The smallest absolute Gasteiger partial charge is 0.259 e. The lowest BCUT2D eigenvalue weighted by atomic mass is 9.63.